The van der Waals surface area contributed by atoms with Gasteiger partial charge in [0.05, 0.1) is 5.88 Å². The predicted octanol–water partition coefficient (Wildman–Crippen LogP) is 3.30. The molecular formula is C13H19ClN2. The number of pyridine rings is 1. The number of nitrogens with zero attached hydrogens (tertiary/aromatic N) is 2. The fraction of sp³-hybridized carbons (Fsp3) is 0.615. The Morgan fingerprint density at radius 3 is 2.94 bits per heavy atom. The summed E-state index contributed by atoms with van der Waals surface area (Å²) in [7, 11) is 0. The number of aromatic nitrogens is 1. The number of hydrogen-bond donors (Lipinski definition) is 0. The minimum atomic E-state index is 0.545. The number of halogens is 1. The molecule has 0 aliphatic carbocycles. The molecule has 0 saturated carbocycles. The second-order valence-electron chi connectivity index (χ2n) is 4.83. The SMILES string of the molecule is CC1CCN(c2ccncc2CCl)CC1C. The Kier molecular flexibility index (Phi) is 3.70. The minimum Gasteiger partial charge on any atom is -0.371 e. The van der Waals surface area contributed by atoms with Crippen molar-refractivity contribution in [2.75, 3.05) is 18.0 Å². The first-order valence-corrected chi connectivity index (χ1v) is 6.49. The van der Waals surface area contributed by atoms with Gasteiger partial charge in [-0.25, -0.2) is 0 Å². The molecule has 16 heavy (non-hydrogen) atoms. The smallest absolute Gasteiger partial charge is 0.0509 e. The van der Waals surface area contributed by atoms with Gasteiger partial charge in [0.1, 0.15) is 0 Å². The lowest BCUT2D eigenvalue weighted by Gasteiger charge is -2.37. The van der Waals surface area contributed by atoms with Gasteiger partial charge in [-0.1, -0.05) is 13.8 Å². The summed E-state index contributed by atoms with van der Waals surface area (Å²) in [4.78, 5) is 6.58. The van der Waals surface area contributed by atoms with Crippen LogP contribution in [0.5, 0.6) is 0 Å². The molecule has 2 nitrogen and oxygen atoms in total. The summed E-state index contributed by atoms with van der Waals surface area (Å²) in [5, 5.41) is 0. The van der Waals surface area contributed by atoms with Gasteiger partial charge >= 0.3 is 0 Å². The molecule has 0 bridgehead atoms. The van der Waals surface area contributed by atoms with Crippen molar-refractivity contribution in [2.45, 2.75) is 26.1 Å². The molecule has 3 heteroatoms. The molecule has 1 aliphatic rings. The molecule has 2 heterocycles. The first kappa shape index (κ1) is 11.7. The van der Waals surface area contributed by atoms with Crippen LogP contribution < -0.4 is 4.90 Å². The Balaban J connectivity index is 2.18. The zero-order valence-corrected chi connectivity index (χ0v) is 10.7. The Morgan fingerprint density at radius 1 is 1.44 bits per heavy atom. The maximum absolute atomic E-state index is 5.95. The number of piperidine rings is 1. The first-order valence-electron chi connectivity index (χ1n) is 5.96. The molecule has 1 aliphatic heterocycles. The molecule has 2 unspecified atom stereocenters. The third kappa shape index (κ3) is 2.32. The monoisotopic (exact) mass is 238 g/mol. The van der Waals surface area contributed by atoms with E-state index in [9.17, 15) is 0 Å². The minimum absolute atomic E-state index is 0.545. The third-order valence-corrected chi connectivity index (χ3v) is 3.98. The Morgan fingerprint density at radius 2 is 2.25 bits per heavy atom. The average Bonchev–Trinajstić information content (AvgIpc) is 2.32. The van der Waals surface area contributed by atoms with Gasteiger partial charge in [0.2, 0.25) is 0 Å². The molecule has 88 valence electrons. The zero-order valence-electron chi connectivity index (χ0n) is 9.99. The van der Waals surface area contributed by atoms with Gasteiger partial charge in [-0.2, -0.15) is 0 Å². The third-order valence-electron chi connectivity index (χ3n) is 3.70. The van der Waals surface area contributed by atoms with Crippen LogP contribution in [0.15, 0.2) is 18.5 Å². The molecule has 0 aromatic carbocycles. The maximum Gasteiger partial charge on any atom is 0.0509 e. The van der Waals surface area contributed by atoms with Gasteiger partial charge in [-0.3, -0.25) is 4.98 Å². The topological polar surface area (TPSA) is 16.1 Å². The van der Waals surface area contributed by atoms with E-state index in [1.807, 2.05) is 12.4 Å². The number of rotatable bonds is 2. The van der Waals surface area contributed by atoms with E-state index >= 15 is 0 Å². The highest BCUT2D eigenvalue weighted by atomic mass is 35.5. The fourth-order valence-corrected chi connectivity index (χ4v) is 2.52. The van der Waals surface area contributed by atoms with Crippen LogP contribution in [0.4, 0.5) is 5.69 Å². The van der Waals surface area contributed by atoms with Crippen molar-refractivity contribution in [3.05, 3.63) is 24.0 Å². The predicted molar refractivity (Wildman–Crippen MR) is 69.0 cm³/mol. The number of anilines is 1. The Labute approximate surface area is 103 Å². The van der Waals surface area contributed by atoms with E-state index in [2.05, 4.69) is 29.8 Å². The lowest BCUT2D eigenvalue weighted by Crippen LogP contribution is -2.38. The van der Waals surface area contributed by atoms with E-state index in [0.29, 0.717) is 5.88 Å². The van der Waals surface area contributed by atoms with Gasteiger partial charge in [-0.05, 0) is 24.3 Å². The standard InChI is InChI=1S/C13H19ClN2/c1-10-4-6-16(9-11(10)2)13-3-5-15-8-12(13)7-14/h3,5,8,10-11H,4,6-7,9H2,1-2H3. The van der Waals surface area contributed by atoms with Crippen LogP contribution in [0.2, 0.25) is 0 Å². The molecule has 0 radical (unpaired) electrons. The van der Waals surface area contributed by atoms with Crippen LogP contribution in [-0.2, 0) is 5.88 Å². The van der Waals surface area contributed by atoms with Crippen molar-refractivity contribution in [1.82, 2.24) is 4.98 Å². The normalized spacial score (nSPS) is 25.8. The van der Waals surface area contributed by atoms with E-state index in [1.165, 1.54) is 12.1 Å². The lowest BCUT2D eigenvalue weighted by molar-refractivity contribution is 0.323. The highest BCUT2D eigenvalue weighted by Crippen LogP contribution is 2.29. The van der Waals surface area contributed by atoms with E-state index in [4.69, 9.17) is 11.6 Å². The first-order chi connectivity index (χ1) is 7.72. The summed E-state index contributed by atoms with van der Waals surface area (Å²) in [6.45, 7) is 6.95. The van der Waals surface area contributed by atoms with Crippen LogP contribution in [0.25, 0.3) is 0 Å². The Hall–Kier alpha value is -0.760. The molecule has 1 fully saturated rings. The maximum atomic E-state index is 5.95. The highest BCUT2D eigenvalue weighted by molar-refractivity contribution is 6.17. The lowest BCUT2D eigenvalue weighted by atomic mass is 9.88. The Bertz CT molecular complexity index is 354. The summed E-state index contributed by atoms with van der Waals surface area (Å²) in [5.41, 5.74) is 2.41. The van der Waals surface area contributed by atoms with Crippen LogP contribution in [-0.4, -0.2) is 18.1 Å². The van der Waals surface area contributed by atoms with Crippen molar-refractivity contribution < 1.29 is 0 Å². The van der Waals surface area contributed by atoms with Crippen LogP contribution in [0, 0.1) is 11.8 Å². The average molecular weight is 239 g/mol. The van der Waals surface area contributed by atoms with Crippen LogP contribution >= 0.6 is 11.6 Å². The quantitative estimate of drug-likeness (QED) is 0.735. The largest absolute Gasteiger partial charge is 0.371 e. The second-order valence-corrected chi connectivity index (χ2v) is 5.09. The molecule has 0 N–H and O–H groups in total. The van der Waals surface area contributed by atoms with Crippen LogP contribution in [0.1, 0.15) is 25.8 Å². The zero-order chi connectivity index (χ0) is 11.5. The second kappa shape index (κ2) is 5.05. The molecule has 2 atom stereocenters. The van der Waals surface area contributed by atoms with E-state index in [0.717, 1.165) is 30.5 Å². The van der Waals surface area contributed by atoms with Gasteiger partial charge in [0.15, 0.2) is 0 Å². The summed E-state index contributed by atoms with van der Waals surface area (Å²) < 4.78 is 0. The summed E-state index contributed by atoms with van der Waals surface area (Å²) in [6.07, 6.45) is 5.00. The van der Waals surface area contributed by atoms with Gasteiger partial charge in [0.25, 0.3) is 0 Å². The molecular weight excluding hydrogens is 220 g/mol. The summed E-state index contributed by atoms with van der Waals surface area (Å²) in [6, 6.07) is 2.08. The summed E-state index contributed by atoms with van der Waals surface area (Å²) in [5.74, 6) is 2.13. The number of alkyl halides is 1. The van der Waals surface area contributed by atoms with E-state index in [1.54, 1.807) is 0 Å². The van der Waals surface area contributed by atoms with Gasteiger partial charge in [0, 0.05) is 36.7 Å². The fourth-order valence-electron chi connectivity index (χ4n) is 2.31. The molecule has 2 rings (SSSR count). The van der Waals surface area contributed by atoms with Crippen molar-refractivity contribution in [1.29, 1.82) is 0 Å². The van der Waals surface area contributed by atoms with Crippen molar-refractivity contribution in [3.63, 3.8) is 0 Å². The van der Waals surface area contributed by atoms with Crippen LogP contribution in [0.3, 0.4) is 0 Å². The summed E-state index contributed by atoms with van der Waals surface area (Å²) >= 11 is 5.95. The molecule has 1 aromatic rings. The molecule has 0 spiro atoms. The van der Waals surface area contributed by atoms with E-state index in [-0.39, 0.29) is 0 Å². The van der Waals surface area contributed by atoms with Gasteiger partial charge in [-0.15, -0.1) is 11.6 Å². The highest BCUT2D eigenvalue weighted by Gasteiger charge is 2.23. The molecule has 1 saturated heterocycles. The van der Waals surface area contributed by atoms with Crippen molar-refractivity contribution >= 4 is 17.3 Å². The van der Waals surface area contributed by atoms with Crippen molar-refractivity contribution in [2.24, 2.45) is 11.8 Å². The van der Waals surface area contributed by atoms with E-state index < -0.39 is 0 Å². The van der Waals surface area contributed by atoms with Crippen molar-refractivity contribution in [3.8, 4) is 0 Å². The number of hydrogen-bond acceptors (Lipinski definition) is 2. The van der Waals surface area contributed by atoms with Gasteiger partial charge < -0.3 is 4.90 Å². The molecule has 0 amide bonds. The molecule has 1 aromatic heterocycles.